The highest BCUT2D eigenvalue weighted by Crippen LogP contribution is 2.27. The van der Waals surface area contributed by atoms with Crippen molar-refractivity contribution in [3.63, 3.8) is 0 Å². The maximum Gasteiger partial charge on any atom is 0.243 e. The van der Waals surface area contributed by atoms with E-state index in [1.54, 1.807) is 30.9 Å². The van der Waals surface area contributed by atoms with Crippen LogP contribution in [-0.2, 0) is 19.6 Å². The molecule has 0 bridgehead atoms. The number of likely N-dealkylation sites (tertiary alicyclic amines) is 1. The third kappa shape index (κ3) is 4.68. The van der Waals surface area contributed by atoms with E-state index in [2.05, 4.69) is 5.32 Å². The van der Waals surface area contributed by atoms with E-state index in [4.69, 9.17) is 0 Å². The van der Waals surface area contributed by atoms with Crippen LogP contribution in [-0.4, -0.2) is 54.6 Å². The van der Waals surface area contributed by atoms with Gasteiger partial charge in [0.25, 0.3) is 0 Å². The van der Waals surface area contributed by atoms with Crippen molar-refractivity contribution in [2.45, 2.75) is 51.5 Å². The lowest BCUT2D eigenvalue weighted by Gasteiger charge is -2.31. The van der Waals surface area contributed by atoms with E-state index in [1.807, 2.05) is 20.8 Å². The van der Waals surface area contributed by atoms with Gasteiger partial charge in [-0.2, -0.15) is 4.31 Å². The molecule has 0 spiro atoms. The fourth-order valence-electron chi connectivity index (χ4n) is 3.20. The minimum atomic E-state index is -3.52. The molecule has 1 aliphatic rings. The Morgan fingerprint density at radius 2 is 1.74 bits per heavy atom. The zero-order valence-corrected chi connectivity index (χ0v) is 17.5. The molecule has 7 nitrogen and oxygen atoms in total. The van der Waals surface area contributed by atoms with Crippen LogP contribution in [0, 0.1) is 5.92 Å². The summed E-state index contributed by atoms with van der Waals surface area (Å²) in [7, 11) is -3.52. The van der Waals surface area contributed by atoms with Crippen LogP contribution < -0.4 is 5.32 Å². The van der Waals surface area contributed by atoms with Crippen molar-refractivity contribution in [3.8, 4) is 0 Å². The van der Waals surface area contributed by atoms with Crippen molar-refractivity contribution in [2.75, 3.05) is 25.0 Å². The molecule has 1 aromatic rings. The quantitative estimate of drug-likeness (QED) is 0.801. The fraction of sp³-hybridized carbons (Fsp3) is 0.579. The van der Waals surface area contributed by atoms with Crippen LogP contribution in [0.5, 0.6) is 0 Å². The van der Waals surface area contributed by atoms with E-state index in [0.717, 1.165) is 0 Å². The van der Waals surface area contributed by atoms with Crippen LogP contribution in [0.4, 0.5) is 5.69 Å². The molecule has 1 fully saturated rings. The van der Waals surface area contributed by atoms with Gasteiger partial charge in [-0.1, -0.05) is 13.8 Å². The molecular weight excluding hydrogens is 366 g/mol. The topological polar surface area (TPSA) is 86.8 Å². The van der Waals surface area contributed by atoms with Gasteiger partial charge in [-0.15, -0.1) is 0 Å². The Morgan fingerprint density at radius 3 is 2.19 bits per heavy atom. The van der Waals surface area contributed by atoms with E-state index in [0.29, 0.717) is 25.3 Å². The predicted octanol–water partition coefficient (Wildman–Crippen LogP) is 2.30. The molecule has 8 heteroatoms. The maximum atomic E-state index is 12.5. The highest BCUT2D eigenvalue weighted by Gasteiger charge is 2.39. The summed E-state index contributed by atoms with van der Waals surface area (Å²) < 4.78 is 26.4. The molecule has 0 saturated carbocycles. The Labute approximate surface area is 161 Å². The molecule has 2 rings (SSSR count). The zero-order valence-electron chi connectivity index (χ0n) is 16.7. The van der Waals surface area contributed by atoms with E-state index in [-0.39, 0.29) is 28.7 Å². The van der Waals surface area contributed by atoms with E-state index in [9.17, 15) is 18.0 Å². The first-order valence-corrected chi connectivity index (χ1v) is 10.7. The number of carbonyl (C=O) groups excluding carboxylic acids is 2. The van der Waals surface area contributed by atoms with Crippen molar-refractivity contribution in [1.29, 1.82) is 0 Å². The normalized spacial score (nSPS) is 18.2. The molecule has 150 valence electrons. The number of carbonyl (C=O) groups is 2. The molecule has 0 aliphatic carbocycles. The van der Waals surface area contributed by atoms with Gasteiger partial charge in [-0.05, 0) is 45.0 Å². The van der Waals surface area contributed by atoms with Crippen molar-refractivity contribution in [2.24, 2.45) is 5.92 Å². The third-order valence-electron chi connectivity index (χ3n) is 4.77. The van der Waals surface area contributed by atoms with Gasteiger partial charge in [0.1, 0.15) is 0 Å². The minimum absolute atomic E-state index is 0.0247. The molecule has 1 saturated heterocycles. The lowest BCUT2D eigenvalue weighted by atomic mass is 10.1. The summed E-state index contributed by atoms with van der Waals surface area (Å²) in [6.07, 6.45) is 0.192. The fourth-order valence-corrected chi connectivity index (χ4v) is 4.66. The SMILES string of the molecule is CCN(CC)S(=O)(=O)c1ccc(NC(=O)C2CC(=O)N(C(C)(C)C)C2)cc1. The zero-order chi connectivity index (χ0) is 20.4. The highest BCUT2D eigenvalue weighted by atomic mass is 32.2. The lowest BCUT2D eigenvalue weighted by molar-refractivity contribution is -0.131. The number of nitrogens with one attached hydrogen (secondary N) is 1. The van der Waals surface area contributed by atoms with E-state index in [1.165, 1.54) is 16.4 Å². The number of anilines is 1. The highest BCUT2D eigenvalue weighted by molar-refractivity contribution is 7.89. The van der Waals surface area contributed by atoms with Crippen LogP contribution in [0.3, 0.4) is 0 Å². The Bertz CT molecular complexity index is 793. The number of hydrogen-bond acceptors (Lipinski definition) is 4. The summed E-state index contributed by atoms with van der Waals surface area (Å²) in [4.78, 5) is 26.6. The van der Waals surface area contributed by atoms with Crippen LogP contribution in [0.25, 0.3) is 0 Å². The van der Waals surface area contributed by atoms with Crippen LogP contribution >= 0.6 is 0 Å². The number of hydrogen-bond donors (Lipinski definition) is 1. The average Bonchev–Trinajstić information content (AvgIpc) is 2.98. The van der Waals surface area contributed by atoms with Crippen molar-refractivity contribution >= 4 is 27.5 Å². The van der Waals surface area contributed by atoms with E-state index < -0.39 is 15.9 Å². The van der Waals surface area contributed by atoms with Gasteiger partial charge < -0.3 is 10.2 Å². The summed E-state index contributed by atoms with van der Waals surface area (Å²) in [6.45, 7) is 10.6. The minimum Gasteiger partial charge on any atom is -0.337 e. The molecular formula is C19H29N3O4S. The number of rotatable bonds is 6. The van der Waals surface area contributed by atoms with Crippen LogP contribution in [0.2, 0.25) is 0 Å². The third-order valence-corrected chi connectivity index (χ3v) is 6.83. The summed E-state index contributed by atoms with van der Waals surface area (Å²) in [5, 5.41) is 2.79. The van der Waals surface area contributed by atoms with Crippen molar-refractivity contribution in [1.82, 2.24) is 9.21 Å². The monoisotopic (exact) mass is 395 g/mol. The Kier molecular flexibility index (Phi) is 6.32. The van der Waals surface area contributed by atoms with Gasteiger partial charge in [0.15, 0.2) is 0 Å². The number of sulfonamides is 1. The van der Waals surface area contributed by atoms with Crippen molar-refractivity contribution in [3.05, 3.63) is 24.3 Å². The van der Waals surface area contributed by atoms with Gasteiger partial charge in [-0.3, -0.25) is 9.59 Å². The first kappa shape index (κ1) is 21.4. The largest absolute Gasteiger partial charge is 0.337 e. The smallest absolute Gasteiger partial charge is 0.243 e. The molecule has 0 aromatic heterocycles. The first-order valence-electron chi connectivity index (χ1n) is 9.22. The molecule has 1 heterocycles. The van der Waals surface area contributed by atoms with Gasteiger partial charge >= 0.3 is 0 Å². The van der Waals surface area contributed by atoms with Crippen molar-refractivity contribution < 1.29 is 18.0 Å². The molecule has 0 radical (unpaired) electrons. The second kappa shape index (κ2) is 7.98. The summed E-state index contributed by atoms with van der Waals surface area (Å²) in [5.74, 6) is -0.659. The number of nitrogens with zero attached hydrogens (tertiary/aromatic N) is 2. The Hall–Kier alpha value is -1.93. The molecule has 1 unspecified atom stereocenters. The first-order chi connectivity index (χ1) is 12.5. The molecule has 1 aliphatic heterocycles. The second-order valence-corrected chi connectivity index (χ2v) is 9.62. The standard InChI is InChI=1S/C19H29N3O4S/c1-6-21(7-2)27(25,26)16-10-8-15(9-11-16)20-18(24)14-12-17(23)22(13-14)19(3,4)5/h8-11,14H,6-7,12-13H2,1-5H3,(H,20,24). The molecule has 1 N–H and O–H groups in total. The predicted molar refractivity (Wildman–Crippen MR) is 105 cm³/mol. The second-order valence-electron chi connectivity index (χ2n) is 7.68. The lowest BCUT2D eigenvalue weighted by Crippen LogP contribution is -2.42. The Morgan fingerprint density at radius 1 is 1.19 bits per heavy atom. The average molecular weight is 396 g/mol. The van der Waals surface area contributed by atoms with Gasteiger partial charge in [0, 0.05) is 37.3 Å². The molecule has 2 amide bonds. The maximum absolute atomic E-state index is 12.5. The summed E-state index contributed by atoms with van der Waals surface area (Å²) in [5.41, 5.74) is 0.201. The van der Waals surface area contributed by atoms with Crippen LogP contribution in [0.15, 0.2) is 29.2 Å². The molecule has 1 aromatic carbocycles. The molecule has 1 atom stereocenters. The summed E-state index contributed by atoms with van der Waals surface area (Å²) >= 11 is 0. The Balaban J connectivity index is 2.07. The van der Waals surface area contributed by atoms with Gasteiger partial charge in [0.2, 0.25) is 21.8 Å². The summed E-state index contributed by atoms with van der Waals surface area (Å²) in [6, 6.07) is 6.13. The van der Waals surface area contributed by atoms with Crippen LogP contribution in [0.1, 0.15) is 41.0 Å². The number of benzene rings is 1. The number of amides is 2. The van der Waals surface area contributed by atoms with E-state index >= 15 is 0 Å². The van der Waals surface area contributed by atoms with Gasteiger partial charge in [0.05, 0.1) is 10.8 Å². The van der Waals surface area contributed by atoms with Gasteiger partial charge in [-0.25, -0.2) is 8.42 Å². The molecule has 27 heavy (non-hydrogen) atoms.